The normalized spacial score (nSPS) is 10.7. The predicted octanol–water partition coefficient (Wildman–Crippen LogP) is 3.40. The molecule has 4 nitrogen and oxygen atoms in total. The van der Waals surface area contributed by atoms with E-state index >= 15 is 0 Å². The fourth-order valence-electron chi connectivity index (χ4n) is 2.41. The van der Waals surface area contributed by atoms with Crippen LogP contribution in [0.5, 0.6) is 0 Å². The molecule has 0 saturated heterocycles. The van der Waals surface area contributed by atoms with Crippen molar-refractivity contribution < 1.29 is 4.39 Å². The Labute approximate surface area is 140 Å². The number of aromatic nitrogens is 3. The summed E-state index contributed by atoms with van der Waals surface area (Å²) < 4.78 is 13.5. The molecule has 0 aliphatic rings. The number of nitrogens with one attached hydrogen (secondary N) is 1. The Morgan fingerprint density at radius 2 is 1.71 bits per heavy atom. The van der Waals surface area contributed by atoms with Crippen molar-refractivity contribution >= 4 is 0 Å². The van der Waals surface area contributed by atoms with Gasteiger partial charge in [0, 0.05) is 30.7 Å². The van der Waals surface area contributed by atoms with Gasteiger partial charge in [0.15, 0.2) is 5.82 Å². The smallest absolute Gasteiger partial charge is 0.178 e. The Hall–Kier alpha value is -2.66. The molecule has 0 atom stereocenters. The number of halogens is 1. The van der Waals surface area contributed by atoms with Gasteiger partial charge in [-0.25, -0.2) is 14.4 Å². The summed E-state index contributed by atoms with van der Waals surface area (Å²) in [4.78, 5) is 12.9. The van der Waals surface area contributed by atoms with E-state index in [0.29, 0.717) is 12.4 Å². The van der Waals surface area contributed by atoms with Crippen LogP contribution < -0.4 is 5.32 Å². The van der Waals surface area contributed by atoms with Crippen LogP contribution in [0.2, 0.25) is 0 Å². The molecule has 5 heteroatoms. The summed E-state index contributed by atoms with van der Waals surface area (Å²) in [5, 5.41) is 3.33. The van der Waals surface area contributed by atoms with Crippen LogP contribution in [0, 0.1) is 5.82 Å². The van der Waals surface area contributed by atoms with Crippen LogP contribution in [0.15, 0.2) is 61.1 Å². The van der Waals surface area contributed by atoms with E-state index in [1.54, 1.807) is 24.7 Å². The highest BCUT2D eigenvalue weighted by Gasteiger charge is 2.02. The standard InChI is InChI=1S/C19H19FN4/c20-17-8-2-1-6-16(17)7-5-10-21-12-15-13-23-19(24-14-15)18-9-3-4-11-22-18/h1-4,6,8-9,11,13-14,21H,5,7,10,12H2. The van der Waals surface area contributed by atoms with Crippen LogP contribution in [-0.4, -0.2) is 21.5 Å². The maximum atomic E-state index is 13.5. The zero-order chi connectivity index (χ0) is 16.6. The summed E-state index contributed by atoms with van der Waals surface area (Å²) in [5.41, 5.74) is 2.55. The van der Waals surface area contributed by atoms with Gasteiger partial charge in [0.2, 0.25) is 0 Å². The van der Waals surface area contributed by atoms with Gasteiger partial charge in [-0.1, -0.05) is 24.3 Å². The summed E-state index contributed by atoms with van der Waals surface area (Å²) in [6, 6.07) is 12.6. The van der Waals surface area contributed by atoms with Crippen LogP contribution in [-0.2, 0) is 13.0 Å². The van der Waals surface area contributed by atoms with E-state index in [2.05, 4.69) is 20.3 Å². The average Bonchev–Trinajstić information content (AvgIpc) is 2.64. The van der Waals surface area contributed by atoms with E-state index in [9.17, 15) is 4.39 Å². The molecule has 0 amide bonds. The molecule has 0 aliphatic heterocycles. The van der Waals surface area contributed by atoms with Gasteiger partial charge < -0.3 is 5.32 Å². The molecule has 0 bridgehead atoms. The summed E-state index contributed by atoms with van der Waals surface area (Å²) in [5.74, 6) is 0.495. The van der Waals surface area contributed by atoms with E-state index in [0.717, 1.165) is 36.2 Å². The summed E-state index contributed by atoms with van der Waals surface area (Å²) in [7, 11) is 0. The van der Waals surface area contributed by atoms with Crippen LogP contribution in [0.25, 0.3) is 11.5 Å². The second kappa shape index (κ2) is 8.26. The Bertz CT molecular complexity index is 760. The third-order valence-electron chi connectivity index (χ3n) is 3.69. The van der Waals surface area contributed by atoms with Crippen molar-refractivity contribution in [3.63, 3.8) is 0 Å². The molecule has 0 unspecified atom stereocenters. The minimum atomic E-state index is -0.129. The molecule has 0 fully saturated rings. The lowest BCUT2D eigenvalue weighted by atomic mass is 10.1. The predicted molar refractivity (Wildman–Crippen MR) is 91.7 cm³/mol. The lowest BCUT2D eigenvalue weighted by Gasteiger charge is -2.06. The number of pyridine rings is 1. The Balaban J connectivity index is 1.43. The van der Waals surface area contributed by atoms with Crippen molar-refractivity contribution in [2.24, 2.45) is 0 Å². The molecule has 0 spiro atoms. The largest absolute Gasteiger partial charge is 0.313 e. The monoisotopic (exact) mass is 322 g/mol. The Kier molecular flexibility index (Phi) is 5.58. The summed E-state index contributed by atoms with van der Waals surface area (Å²) in [6.45, 7) is 1.51. The van der Waals surface area contributed by atoms with Crippen molar-refractivity contribution in [2.45, 2.75) is 19.4 Å². The molecule has 3 rings (SSSR count). The molecule has 122 valence electrons. The lowest BCUT2D eigenvalue weighted by Crippen LogP contribution is -2.16. The molecule has 0 saturated carbocycles. The van der Waals surface area contributed by atoms with E-state index in [-0.39, 0.29) is 5.82 Å². The maximum absolute atomic E-state index is 13.5. The fraction of sp³-hybridized carbons (Fsp3) is 0.211. The van der Waals surface area contributed by atoms with Gasteiger partial charge in [-0.15, -0.1) is 0 Å². The first-order chi connectivity index (χ1) is 11.8. The highest BCUT2D eigenvalue weighted by molar-refractivity contribution is 5.47. The molecule has 2 heterocycles. The molecule has 0 radical (unpaired) electrons. The summed E-state index contributed by atoms with van der Waals surface area (Å²) >= 11 is 0. The second-order valence-corrected chi connectivity index (χ2v) is 5.50. The van der Waals surface area contributed by atoms with Gasteiger partial charge in [-0.3, -0.25) is 4.98 Å². The minimum absolute atomic E-state index is 0.129. The molecule has 24 heavy (non-hydrogen) atoms. The molecule has 3 aromatic rings. The number of nitrogens with zero attached hydrogens (tertiary/aromatic N) is 3. The average molecular weight is 322 g/mol. The van der Waals surface area contributed by atoms with Crippen molar-refractivity contribution in [2.75, 3.05) is 6.54 Å². The molecule has 2 aromatic heterocycles. The molecular weight excluding hydrogens is 303 g/mol. The van der Waals surface area contributed by atoms with Crippen LogP contribution in [0.1, 0.15) is 17.5 Å². The number of hydrogen-bond donors (Lipinski definition) is 1. The first-order valence-electron chi connectivity index (χ1n) is 7.99. The van der Waals surface area contributed by atoms with Crippen molar-refractivity contribution in [3.05, 3.63) is 78.0 Å². The Morgan fingerprint density at radius 1 is 0.917 bits per heavy atom. The number of benzene rings is 1. The van der Waals surface area contributed by atoms with Crippen molar-refractivity contribution in [1.82, 2.24) is 20.3 Å². The molecule has 1 N–H and O–H groups in total. The number of rotatable bonds is 7. The van der Waals surface area contributed by atoms with Gasteiger partial charge in [0.25, 0.3) is 0 Å². The van der Waals surface area contributed by atoms with Gasteiger partial charge in [-0.2, -0.15) is 0 Å². The van der Waals surface area contributed by atoms with Crippen LogP contribution in [0.3, 0.4) is 0 Å². The highest BCUT2D eigenvalue weighted by Crippen LogP contribution is 2.10. The first-order valence-corrected chi connectivity index (χ1v) is 7.99. The molecular formula is C19H19FN4. The molecule has 0 aliphatic carbocycles. The van der Waals surface area contributed by atoms with E-state index in [1.165, 1.54) is 6.07 Å². The van der Waals surface area contributed by atoms with E-state index in [1.807, 2.05) is 30.3 Å². The van der Waals surface area contributed by atoms with Crippen molar-refractivity contribution in [1.29, 1.82) is 0 Å². The zero-order valence-electron chi connectivity index (χ0n) is 13.3. The number of aryl methyl sites for hydroxylation is 1. The SMILES string of the molecule is Fc1ccccc1CCCNCc1cnc(-c2ccccn2)nc1. The zero-order valence-corrected chi connectivity index (χ0v) is 13.3. The lowest BCUT2D eigenvalue weighted by molar-refractivity contribution is 0.592. The molecule has 1 aromatic carbocycles. The first kappa shape index (κ1) is 16.2. The third-order valence-corrected chi connectivity index (χ3v) is 3.69. The van der Waals surface area contributed by atoms with E-state index in [4.69, 9.17) is 0 Å². The topological polar surface area (TPSA) is 50.7 Å². The van der Waals surface area contributed by atoms with Crippen LogP contribution >= 0.6 is 0 Å². The van der Waals surface area contributed by atoms with Crippen LogP contribution in [0.4, 0.5) is 4.39 Å². The summed E-state index contributed by atoms with van der Waals surface area (Å²) in [6.07, 6.45) is 6.95. The highest BCUT2D eigenvalue weighted by atomic mass is 19.1. The quantitative estimate of drug-likeness (QED) is 0.677. The Morgan fingerprint density at radius 3 is 2.46 bits per heavy atom. The maximum Gasteiger partial charge on any atom is 0.178 e. The fourth-order valence-corrected chi connectivity index (χ4v) is 2.41. The third kappa shape index (κ3) is 4.43. The van der Waals surface area contributed by atoms with Crippen molar-refractivity contribution in [3.8, 4) is 11.5 Å². The van der Waals surface area contributed by atoms with E-state index < -0.39 is 0 Å². The van der Waals surface area contributed by atoms with Gasteiger partial charge in [0.1, 0.15) is 11.5 Å². The number of hydrogen-bond acceptors (Lipinski definition) is 4. The van der Waals surface area contributed by atoms with Gasteiger partial charge in [-0.05, 0) is 43.1 Å². The van der Waals surface area contributed by atoms with Gasteiger partial charge >= 0.3 is 0 Å². The second-order valence-electron chi connectivity index (χ2n) is 5.50. The minimum Gasteiger partial charge on any atom is -0.313 e. The van der Waals surface area contributed by atoms with Gasteiger partial charge in [0.05, 0.1) is 0 Å².